The number of rotatable bonds is 3. The Morgan fingerprint density at radius 3 is 2.72 bits per heavy atom. The van der Waals surface area contributed by atoms with Crippen LogP contribution in [0.15, 0.2) is 52.8 Å². The number of fused-ring (bicyclic) bond motifs is 1. The molecular weight excluding hydrogens is 312 g/mol. The average Bonchev–Trinajstić information content (AvgIpc) is 2.97. The van der Waals surface area contributed by atoms with Crippen LogP contribution in [0.4, 0.5) is 0 Å². The zero-order valence-corrected chi connectivity index (χ0v) is 14.2. The Hall–Kier alpha value is -3.02. The van der Waals surface area contributed by atoms with Crippen molar-refractivity contribution in [1.82, 2.24) is 14.6 Å². The Kier molecular flexibility index (Phi) is 4.01. The van der Waals surface area contributed by atoms with Gasteiger partial charge in [0.05, 0.1) is 17.1 Å². The molecule has 1 aliphatic rings. The molecule has 0 amide bonds. The van der Waals surface area contributed by atoms with E-state index in [4.69, 9.17) is 0 Å². The molecule has 0 atom stereocenters. The molecule has 1 aromatic carbocycles. The van der Waals surface area contributed by atoms with Crippen LogP contribution >= 0.6 is 0 Å². The molecule has 0 aliphatic heterocycles. The third-order valence-corrected chi connectivity index (χ3v) is 4.67. The molecule has 0 radical (unpaired) electrons. The molecule has 0 bridgehead atoms. The molecule has 1 N–H and O–H groups in total. The molecule has 1 saturated carbocycles. The van der Waals surface area contributed by atoms with Crippen molar-refractivity contribution in [2.75, 3.05) is 5.43 Å². The SMILES string of the molecule is C=NC(=NC1CCC1)Nn1ccc(-c2ccc3nccnc3c2)c1C. The summed E-state index contributed by atoms with van der Waals surface area (Å²) in [5, 5.41) is 0. The summed E-state index contributed by atoms with van der Waals surface area (Å²) in [5.41, 5.74) is 8.33. The minimum Gasteiger partial charge on any atom is -0.265 e. The second kappa shape index (κ2) is 6.47. The van der Waals surface area contributed by atoms with E-state index in [2.05, 4.69) is 57.2 Å². The quantitative estimate of drug-likeness (QED) is 0.589. The Morgan fingerprint density at radius 1 is 1.20 bits per heavy atom. The predicted molar refractivity (Wildman–Crippen MR) is 102 cm³/mol. The summed E-state index contributed by atoms with van der Waals surface area (Å²) >= 11 is 0. The Labute approximate surface area is 146 Å². The number of aromatic nitrogens is 3. The fraction of sp³-hybridized carbons (Fsp3) is 0.263. The molecule has 1 aliphatic carbocycles. The van der Waals surface area contributed by atoms with Gasteiger partial charge >= 0.3 is 0 Å². The smallest absolute Gasteiger partial charge is 0.237 e. The topological polar surface area (TPSA) is 67.5 Å². The van der Waals surface area contributed by atoms with Crippen LogP contribution in [0.25, 0.3) is 22.2 Å². The summed E-state index contributed by atoms with van der Waals surface area (Å²) in [7, 11) is 0. The zero-order chi connectivity index (χ0) is 17.2. The zero-order valence-electron chi connectivity index (χ0n) is 14.2. The maximum Gasteiger partial charge on any atom is 0.237 e. The third kappa shape index (κ3) is 3.03. The molecule has 1 fully saturated rings. The van der Waals surface area contributed by atoms with E-state index in [1.165, 1.54) is 6.42 Å². The lowest BCUT2D eigenvalue weighted by atomic mass is 9.94. The minimum atomic E-state index is 0.377. The number of nitrogens with zero attached hydrogens (tertiary/aromatic N) is 5. The maximum absolute atomic E-state index is 4.60. The van der Waals surface area contributed by atoms with Gasteiger partial charge in [-0.15, -0.1) is 0 Å². The van der Waals surface area contributed by atoms with Gasteiger partial charge in [0.25, 0.3) is 0 Å². The molecule has 0 spiro atoms. The van der Waals surface area contributed by atoms with Crippen LogP contribution in [-0.2, 0) is 0 Å². The van der Waals surface area contributed by atoms with Gasteiger partial charge in [-0.3, -0.25) is 20.1 Å². The number of hydrogen-bond acceptors (Lipinski definition) is 3. The molecule has 126 valence electrons. The van der Waals surface area contributed by atoms with Crippen molar-refractivity contribution in [3.8, 4) is 11.1 Å². The maximum atomic E-state index is 4.60. The van der Waals surface area contributed by atoms with Crippen LogP contribution in [0.5, 0.6) is 0 Å². The number of guanidine groups is 1. The van der Waals surface area contributed by atoms with Crippen LogP contribution < -0.4 is 5.43 Å². The average molecular weight is 332 g/mol. The molecule has 4 rings (SSSR count). The molecule has 2 aromatic heterocycles. The van der Waals surface area contributed by atoms with Gasteiger partial charge < -0.3 is 0 Å². The first-order valence-corrected chi connectivity index (χ1v) is 8.45. The summed E-state index contributed by atoms with van der Waals surface area (Å²) in [6, 6.07) is 8.58. The highest BCUT2D eigenvalue weighted by Crippen LogP contribution is 2.26. The van der Waals surface area contributed by atoms with Crippen LogP contribution in [0.3, 0.4) is 0 Å². The van der Waals surface area contributed by atoms with Crippen molar-refractivity contribution in [2.45, 2.75) is 32.2 Å². The van der Waals surface area contributed by atoms with Gasteiger partial charge in [0.15, 0.2) is 0 Å². The number of hydrogen-bond donors (Lipinski definition) is 1. The number of aliphatic imine (C=N–C) groups is 2. The van der Waals surface area contributed by atoms with Gasteiger partial charge in [-0.2, -0.15) is 0 Å². The molecule has 3 aromatic rings. The molecule has 0 saturated heterocycles. The van der Waals surface area contributed by atoms with Gasteiger partial charge in [0, 0.05) is 29.8 Å². The highest BCUT2D eigenvalue weighted by Gasteiger charge is 2.17. The number of nitrogens with one attached hydrogen (secondary N) is 1. The van der Waals surface area contributed by atoms with Crippen LogP contribution in [0, 0.1) is 6.92 Å². The van der Waals surface area contributed by atoms with E-state index >= 15 is 0 Å². The van der Waals surface area contributed by atoms with E-state index < -0.39 is 0 Å². The van der Waals surface area contributed by atoms with Gasteiger partial charge in [-0.25, -0.2) is 9.98 Å². The Morgan fingerprint density at radius 2 is 2.00 bits per heavy atom. The van der Waals surface area contributed by atoms with Crippen molar-refractivity contribution in [1.29, 1.82) is 0 Å². The van der Waals surface area contributed by atoms with Gasteiger partial charge in [-0.1, -0.05) is 6.07 Å². The van der Waals surface area contributed by atoms with Crippen LogP contribution in [0.1, 0.15) is 25.0 Å². The highest BCUT2D eigenvalue weighted by atomic mass is 15.5. The lowest BCUT2D eigenvalue weighted by Gasteiger charge is -2.22. The van der Waals surface area contributed by atoms with Gasteiger partial charge in [0.1, 0.15) is 0 Å². The standard InChI is InChI=1S/C19H20N6/c1-13-16(14-6-7-17-18(12-14)22-10-9-21-17)8-11-25(13)24-19(20-2)23-15-4-3-5-15/h6-12,15H,2-5H2,1H3,(H,23,24). The Balaban J connectivity index is 1.63. The molecular formula is C19H20N6. The minimum absolute atomic E-state index is 0.377. The van der Waals surface area contributed by atoms with E-state index in [1.807, 2.05) is 16.9 Å². The first-order valence-electron chi connectivity index (χ1n) is 8.45. The monoisotopic (exact) mass is 332 g/mol. The van der Waals surface area contributed by atoms with E-state index in [9.17, 15) is 0 Å². The van der Waals surface area contributed by atoms with Crippen LogP contribution in [-0.4, -0.2) is 33.4 Å². The predicted octanol–water partition coefficient (Wildman–Crippen LogP) is 3.56. The molecule has 25 heavy (non-hydrogen) atoms. The van der Waals surface area contributed by atoms with Gasteiger partial charge in [0.2, 0.25) is 5.96 Å². The van der Waals surface area contributed by atoms with E-state index in [-0.39, 0.29) is 0 Å². The Bertz CT molecular complexity index is 951. The van der Waals surface area contributed by atoms with E-state index in [0.29, 0.717) is 12.0 Å². The summed E-state index contributed by atoms with van der Waals surface area (Å²) in [4.78, 5) is 17.3. The highest BCUT2D eigenvalue weighted by molar-refractivity contribution is 5.91. The molecule has 6 heteroatoms. The third-order valence-electron chi connectivity index (χ3n) is 4.67. The van der Waals surface area contributed by atoms with Gasteiger partial charge in [-0.05, 0) is 56.7 Å². The second-order valence-electron chi connectivity index (χ2n) is 6.25. The fourth-order valence-corrected chi connectivity index (χ4v) is 2.97. The number of benzene rings is 1. The van der Waals surface area contributed by atoms with E-state index in [1.54, 1.807) is 12.4 Å². The summed E-state index contributed by atoms with van der Waals surface area (Å²) in [6.07, 6.45) is 8.91. The van der Waals surface area contributed by atoms with E-state index in [0.717, 1.165) is 40.7 Å². The normalized spacial score (nSPS) is 15.2. The summed E-state index contributed by atoms with van der Waals surface area (Å²) in [5.74, 6) is 0.569. The van der Waals surface area contributed by atoms with Crippen molar-refractivity contribution >= 4 is 23.7 Å². The second-order valence-corrected chi connectivity index (χ2v) is 6.25. The first-order chi connectivity index (χ1) is 12.2. The largest absolute Gasteiger partial charge is 0.265 e. The molecule has 0 unspecified atom stereocenters. The lowest BCUT2D eigenvalue weighted by Crippen LogP contribution is -2.25. The van der Waals surface area contributed by atoms with Crippen molar-refractivity contribution in [3.05, 3.63) is 48.5 Å². The lowest BCUT2D eigenvalue weighted by molar-refractivity contribution is 0.419. The summed E-state index contributed by atoms with van der Waals surface area (Å²) < 4.78 is 1.93. The molecule has 2 heterocycles. The summed E-state index contributed by atoms with van der Waals surface area (Å²) in [6.45, 7) is 5.69. The van der Waals surface area contributed by atoms with Crippen molar-refractivity contribution < 1.29 is 0 Å². The van der Waals surface area contributed by atoms with Crippen molar-refractivity contribution in [3.63, 3.8) is 0 Å². The van der Waals surface area contributed by atoms with Crippen molar-refractivity contribution in [2.24, 2.45) is 9.98 Å². The van der Waals surface area contributed by atoms with Crippen LogP contribution in [0.2, 0.25) is 0 Å². The first kappa shape index (κ1) is 15.5. The fourth-order valence-electron chi connectivity index (χ4n) is 2.97. The molecule has 6 nitrogen and oxygen atoms in total.